The molecule has 0 amide bonds. The maximum Gasteiger partial charge on any atom is 0.142 e. The van der Waals surface area contributed by atoms with E-state index in [1.165, 1.54) is 17.7 Å². The first-order chi connectivity index (χ1) is 8.99. The van der Waals surface area contributed by atoms with Crippen molar-refractivity contribution in [3.05, 3.63) is 70.0 Å². The van der Waals surface area contributed by atoms with Gasteiger partial charge in [-0.25, -0.2) is 4.39 Å². The number of benzene rings is 2. The van der Waals surface area contributed by atoms with Crippen LogP contribution >= 0.6 is 11.6 Å². The summed E-state index contributed by atoms with van der Waals surface area (Å²) in [6.45, 7) is 4.28. The lowest BCUT2D eigenvalue weighted by Gasteiger charge is -2.14. The topological polar surface area (TPSA) is 26.0 Å². The van der Waals surface area contributed by atoms with Crippen molar-refractivity contribution in [2.75, 3.05) is 0 Å². The highest BCUT2D eigenvalue weighted by molar-refractivity contribution is 6.30. The van der Waals surface area contributed by atoms with E-state index in [1.807, 2.05) is 12.1 Å². The molecule has 0 saturated carbocycles. The van der Waals surface area contributed by atoms with Crippen molar-refractivity contribution in [2.24, 2.45) is 5.73 Å². The minimum absolute atomic E-state index is 0.117. The third-order valence-electron chi connectivity index (χ3n) is 3.27. The molecule has 2 aromatic carbocycles. The molecular weight excluding hydrogens is 261 g/mol. The minimum Gasteiger partial charge on any atom is -0.320 e. The highest BCUT2D eigenvalue weighted by Crippen LogP contribution is 2.25. The Morgan fingerprint density at radius 1 is 0.947 bits per heavy atom. The van der Waals surface area contributed by atoms with E-state index >= 15 is 0 Å². The van der Waals surface area contributed by atoms with Crippen LogP contribution in [0.4, 0.5) is 4.39 Å². The highest BCUT2D eigenvalue weighted by Gasteiger charge is 2.11. The third kappa shape index (κ3) is 3.14. The van der Waals surface area contributed by atoms with Gasteiger partial charge in [0, 0.05) is 0 Å². The van der Waals surface area contributed by atoms with Gasteiger partial charge in [0.05, 0.1) is 11.1 Å². The molecule has 2 aromatic rings. The van der Waals surface area contributed by atoms with E-state index in [9.17, 15) is 4.39 Å². The SMILES string of the molecule is CC(C)c1ccc(C(N)c2ccc(Cl)c(F)c2)cc1. The van der Waals surface area contributed by atoms with Gasteiger partial charge >= 0.3 is 0 Å². The predicted molar refractivity (Wildman–Crippen MR) is 78.0 cm³/mol. The van der Waals surface area contributed by atoms with Gasteiger partial charge in [-0.1, -0.05) is 55.8 Å². The number of rotatable bonds is 3. The van der Waals surface area contributed by atoms with Crippen molar-refractivity contribution in [1.29, 1.82) is 0 Å². The van der Waals surface area contributed by atoms with Crippen molar-refractivity contribution in [2.45, 2.75) is 25.8 Å². The summed E-state index contributed by atoms with van der Waals surface area (Å²) in [6, 6.07) is 12.5. The van der Waals surface area contributed by atoms with E-state index in [0.29, 0.717) is 5.92 Å². The predicted octanol–water partition coefficient (Wildman–Crippen LogP) is 4.65. The highest BCUT2D eigenvalue weighted by atomic mass is 35.5. The van der Waals surface area contributed by atoms with Crippen molar-refractivity contribution in [3.63, 3.8) is 0 Å². The molecule has 1 atom stereocenters. The Hall–Kier alpha value is -1.38. The molecule has 0 spiro atoms. The number of halogens is 2. The van der Waals surface area contributed by atoms with E-state index in [1.54, 1.807) is 6.07 Å². The summed E-state index contributed by atoms with van der Waals surface area (Å²) in [5.41, 5.74) is 9.10. The minimum atomic E-state index is -0.437. The Labute approximate surface area is 118 Å². The summed E-state index contributed by atoms with van der Waals surface area (Å²) in [4.78, 5) is 0. The Kier molecular flexibility index (Phi) is 4.23. The monoisotopic (exact) mass is 277 g/mol. The molecule has 3 heteroatoms. The van der Waals surface area contributed by atoms with Crippen molar-refractivity contribution >= 4 is 11.6 Å². The fourth-order valence-corrected chi connectivity index (χ4v) is 2.10. The van der Waals surface area contributed by atoms with Gasteiger partial charge in [0.15, 0.2) is 0 Å². The fraction of sp³-hybridized carbons (Fsp3) is 0.250. The van der Waals surface area contributed by atoms with Gasteiger partial charge in [-0.05, 0) is 34.7 Å². The first-order valence-electron chi connectivity index (χ1n) is 6.29. The second-order valence-corrected chi connectivity index (χ2v) is 5.38. The molecule has 1 unspecified atom stereocenters. The van der Waals surface area contributed by atoms with Gasteiger partial charge in [-0.15, -0.1) is 0 Å². The first kappa shape index (κ1) is 14.0. The van der Waals surface area contributed by atoms with Gasteiger partial charge in [0.2, 0.25) is 0 Å². The third-order valence-corrected chi connectivity index (χ3v) is 3.57. The fourth-order valence-electron chi connectivity index (χ4n) is 1.99. The molecule has 0 radical (unpaired) electrons. The zero-order valence-corrected chi connectivity index (χ0v) is 11.8. The molecule has 1 nitrogen and oxygen atoms in total. The van der Waals surface area contributed by atoms with Crippen LogP contribution in [0.1, 0.15) is 42.5 Å². The summed E-state index contributed by atoms with van der Waals surface area (Å²) in [6.07, 6.45) is 0. The number of nitrogens with two attached hydrogens (primary N) is 1. The zero-order valence-electron chi connectivity index (χ0n) is 11.0. The summed E-state index contributed by atoms with van der Waals surface area (Å²) >= 11 is 5.67. The number of hydrogen-bond acceptors (Lipinski definition) is 1. The molecule has 0 heterocycles. The maximum absolute atomic E-state index is 13.4. The van der Waals surface area contributed by atoms with Crippen LogP contribution < -0.4 is 5.73 Å². The average molecular weight is 278 g/mol. The van der Waals surface area contributed by atoms with Crippen LogP contribution in [0.25, 0.3) is 0 Å². The Bertz CT molecular complexity index is 563. The molecule has 0 bridgehead atoms. The van der Waals surface area contributed by atoms with Gasteiger partial charge in [-0.3, -0.25) is 0 Å². The van der Waals surface area contributed by atoms with Crippen LogP contribution in [-0.4, -0.2) is 0 Å². The Morgan fingerprint density at radius 2 is 1.47 bits per heavy atom. The van der Waals surface area contributed by atoms with Crippen molar-refractivity contribution in [1.82, 2.24) is 0 Å². The van der Waals surface area contributed by atoms with E-state index < -0.39 is 5.82 Å². The molecule has 19 heavy (non-hydrogen) atoms. The molecule has 2 rings (SSSR count). The molecule has 0 aliphatic carbocycles. The zero-order chi connectivity index (χ0) is 14.0. The van der Waals surface area contributed by atoms with E-state index in [-0.39, 0.29) is 11.1 Å². The van der Waals surface area contributed by atoms with Crippen LogP contribution in [0.5, 0.6) is 0 Å². The van der Waals surface area contributed by atoms with Gasteiger partial charge in [0.25, 0.3) is 0 Å². The standard InChI is InChI=1S/C16H17ClFN/c1-10(2)11-3-5-12(6-4-11)16(19)13-7-8-14(17)15(18)9-13/h3-10,16H,19H2,1-2H3. The molecule has 2 N–H and O–H groups in total. The Balaban J connectivity index is 2.27. The van der Waals surface area contributed by atoms with Crippen molar-refractivity contribution in [3.8, 4) is 0 Å². The molecule has 0 saturated heterocycles. The lowest BCUT2D eigenvalue weighted by atomic mass is 9.96. The smallest absolute Gasteiger partial charge is 0.142 e. The van der Waals surface area contributed by atoms with Crippen LogP contribution in [0.15, 0.2) is 42.5 Å². The quantitative estimate of drug-likeness (QED) is 0.868. The van der Waals surface area contributed by atoms with Gasteiger partial charge < -0.3 is 5.73 Å². The van der Waals surface area contributed by atoms with E-state index in [2.05, 4.69) is 26.0 Å². The van der Waals surface area contributed by atoms with E-state index in [4.69, 9.17) is 17.3 Å². The van der Waals surface area contributed by atoms with Crippen LogP contribution in [0, 0.1) is 5.82 Å². The normalized spacial score (nSPS) is 12.7. The van der Waals surface area contributed by atoms with Gasteiger partial charge in [-0.2, -0.15) is 0 Å². The lowest BCUT2D eigenvalue weighted by Crippen LogP contribution is -2.12. The first-order valence-corrected chi connectivity index (χ1v) is 6.67. The molecule has 0 aliphatic rings. The van der Waals surface area contributed by atoms with Crippen LogP contribution in [0.2, 0.25) is 5.02 Å². The van der Waals surface area contributed by atoms with Crippen molar-refractivity contribution < 1.29 is 4.39 Å². The lowest BCUT2D eigenvalue weighted by molar-refractivity contribution is 0.624. The van der Waals surface area contributed by atoms with Crippen LogP contribution in [0.3, 0.4) is 0 Å². The average Bonchev–Trinajstić information content (AvgIpc) is 2.41. The number of hydrogen-bond donors (Lipinski definition) is 1. The van der Waals surface area contributed by atoms with Crippen LogP contribution in [-0.2, 0) is 0 Å². The summed E-state index contributed by atoms with van der Waals surface area (Å²) in [7, 11) is 0. The largest absolute Gasteiger partial charge is 0.320 e. The molecular formula is C16H17ClFN. The summed E-state index contributed by atoms with van der Waals surface area (Å²) in [5.74, 6) is 0.0478. The summed E-state index contributed by atoms with van der Waals surface area (Å²) in [5, 5.41) is 0.117. The molecule has 100 valence electrons. The maximum atomic E-state index is 13.4. The Morgan fingerprint density at radius 3 is 2.00 bits per heavy atom. The second-order valence-electron chi connectivity index (χ2n) is 4.97. The summed E-state index contributed by atoms with van der Waals surface area (Å²) < 4.78 is 13.4. The van der Waals surface area contributed by atoms with Gasteiger partial charge in [0.1, 0.15) is 5.82 Å². The molecule has 0 fully saturated rings. The van der Waals surface area contributed by atoms with E-state index in [0.717, 1.165) is 11.1 Å². The second kappa shape index (κ2) is 5.72. The molecule has 0 aromatic heterocycles. The molecule has 0 aliphatic heterocycles.